The Balaban J connectivity index is 0.00000121. The fraction of sp³-hybridized carbons (Fsp3) is 0.562. The minimum absolute atomic E-state index is 0. The molecule has 22 heavy (non-hydrogen) atoms. The van der Waals surface area contributed by atoms with Gasteiger partial charge in [0.1, 0.15) is 5.65 Å². The largest absolute Gasteiger partial charge is 0.327 e. The molecule has 4 nitrogen and oxygen atoms in total. The molecule has 6 heteroatoms. The quantitative estimate of drug-likeness (QED) is 0.910. The predicted molar refractivity (Wildman–Crippen MR) is 96.1 cm³/mol. The zero-order valence-corrected chi connectivity index (χ0v) is 15.1. The van der Waals surface area contributed by atoms with Crippen LogP contribution in [0.4, 0.5) is 0 Å². The minimum atomic E-state index is 0. The highest BCUT2D eigenvalue weighted by atomic mass is 35.5. The van der Waals surface area contributed by atoms with Crippen LogP contribution in [0.1, 0.15) is 31.5 Å². The number of nitrogens with zero attached hydrogens (tertiary/aromatic N) is 3. The van der Waals surface area contributed by atoms with Crippen molar-refractivity contribution in [2.24, 2.45) is 11.1 Å². The molecule has 3 rings (SSSR count). The van der Waals surface area contributed by atoms with Crippen molar-refractivity contribution in [1.29, 1.82) is 0 Å². The molecule has 0 spiro atoms. The molecule has 0 bridgehead atoms. The topological polar surface area (TPSA) is 46.6 Å². The third-order valence-corrected chi connectivity index (χ3v) is 4.43. The smallest absolute Gasteiger partial charge is 0.137 e. The van der Waals surface area contributed by atoms with Crippen LogP contribution in [0.5, 0.6) is 0 Å². The van der Waals surface area contributed by atoms with Crippen molar-refractivity contribution in [1.82, 2.24) is 14.3 Å². The summed E-state index contributed by atoms with van der Waals surface area (Å²) in [7, 11) is 0. The van der Waals surface area contributed by atoms with Crippen molar-refractivity contribution < 1.29 is 0 Å². The lowest BCUT2D eigenvalue weighted by Gasteiger charge is -2.42. The van der Waals surface area contributed by atoms with Crippen LogP contribution in [0.25, 0.3) is 5.65 Å². The van der Waals surface area contributed by atoms with Crippen LogP contribution in [0.3, 0.4) is 0 Å². The molecular weight excluding hydrogens is 319 g/mol. The summed E-state index contributed by atoms with van der Waals surface area (Å²) in [5.74, 6) is 0. The number of halogens is 2. The molecule has 1 saturated heterocycles. The average Bonchev–Trinajstić information content (AvgIpc) is 2.75. The lowest BCUT2D eigenvalue weighted by atomic mass is 9.80. The van der Waals surface area contributed by atoms with Crippen molar-refractivity contribution in [3.8, 4) is 0 Å². The van der Waals surface area contributed by atoms with Gasteiger partial charge in [-0.3, -0.25) is 4.90 Å². The number of piperidine rings is 1. The maximum absolute atomic E-state index is 6.20. The Morgan fingerprint density at radius 1 is 1.27 bits per heavy atom. The van der Waals surface area contributed by atoms with Crippen molar-refractivity contribution in [2.75, 3.05) is 13.1 Å². The molecule has 0 radical (unpaired) electrons. The van der Waals surface area contributed by atoms with E-state index in [9.17, 15) is 0 Å². The van der Waals surface area contributed by atoms with Crippen LogP contribution >= 0.6 is 24.8 Å². The van der Waals surface area contributed by atoms with Crippen LogP contribution in [-0.4, -0.2) is 33.4 Å². The summed E-state index contributed by atoms with van der Waals surface area (Å²) >= 11 is 0. The zero-order chi connectivity index (χ0) is 14.3. The van der Waals surface area contributed by atoms with Gasteiger partial charge in [0.2, 0.25) is 0 Å². The second-order valence-corrected chi connectivity index (χ2v) is 6.80. The Morgan fingerprint density at radius 3 is 2.68 bits per heavy atom. The summed E-state index contributed by atoms with van der Waals surface area (Å²) in [4.78, 5) is 7.17. The van der Waals surface area contributed by atoms with Gasteiger partial charge in [-0.05, 0) is 30.4 Å². The van der Waals surface area contributed by atoms with Crippen molar-refractivity contribution >= 4 is 30.5 Å². The van der Waals surface area contributed by atoms with Crippen molar-refractivity contribution in [2.45, 2.75) is 39.8 Å². The molecule has 0 aliphatic carbocycles. The highest BCUT2D eigenvalue weighted by molar-refractivity contribution is 5.85. The first-order chi connectivity index (χ1) is 9.44. The number of likely N-dealkylation sites (tertiary alicyclic amines) is 1. The minimum Gasteiger partial charge on any atom is -0.327 e. The molecule has 1 atom stereocenters. The van der Waals surface area contributed by atoms with Crippen LogP contribution in [0, 0.1) is 12.3 Å². The first-order valence-corrected chi connectivity index (χ1v) is 7.36. The molecular formula is C16H26Cl2N4. The Hall–Kier alpha value is -0.810. The summed E-state index contributed by atoms with van der Waals surface area (Å²) in [5.41, 5.74) is 9.81. The SMILES string of the molecule is Cc1ccc2nc(CN3CCC(N)C(C)(C)C3)cn2c1.Cl.Cl. The van der Waals surface area contributed by atoms with E-state index in [1.54, 1.807) is 0 Å². The van der Waals surface area contributed by atoms with Gasteiger partial charge >= 0.3 is 0 Å². The monoisotopic (exact) mass is 344 g/mol. The van der Waals surface area contributed by atoms with E-state index in [0.29, 0.717) is 6.04 Å². The molecule has 2 aromatic rings. The number of rotatable bonds is 2. The molecule has 2 aromatic heterocycles. The van der Waals surface area contributed by atoms with Gasteiger partial charge in [0, 0.05) is 38.1 Å². The Morgan fingerprint density at radius 2 is 2.00 bits per heavy atom. The van der Waals surface area contributed by atoms with Gasteiger partial charge in [-0.2, -0.15) is 0 Å². The summed E-state index contributed by atoms with van der Waals surface area (Å²) in [6.45, 7) is 9.65. The molecule has 1 fully saturated rings. The molecule has 0 saturated carbocycles. The second-order valence-electron chi connectivity index (χ2n) is 6.80. The fourth-order valence-electron chi connectivity index (χ4n) is 3.08. The maximum Gasteiger partial charge on any atom is 0.137 e. The molecule has 1 unspecified atom stereocenters. The summed E-state index contributed by atoms with van der Waals surface area (Å²) in [6, 6.07) is 4.49. The molecule has 0 aromatic carbocycles. The standard InChI is InChI=1S/C16H24N4.2ClH/c1-12-4-5-15-18-13(10-20(15)8-12)9-19-7-6-14(17)16(2,3)11-19;;/h4-5,8,10,14H,6-7,9,11,17H2,1-3H3;2*1H. The maximum atomic E-state index is 6.20. The number of hydrogen-bond donors (Lipinski definition) is 1. The van der Waals surface area contributed by atoms with Gasteiger partial charge in [-0.15, -0.1) is 24.8 Å². The molecule has 124 valence electrons. The van der Waals surface area contributed by atoms with Gasteiger partial charge < -0.3 is 10.1 Å². The number of fused-ring (bicyclic) bond motifs is 1. The summed E-state index contributed by atoms with van der Waals surface area (Å²) < 4.78 is 2.12. The summed E-state index contributed by atoms with van der Waals surface area (Å²) in [6.07, 6.45) is 5.34. The van der Waals surface area contributed by atoms with Gasteiger partial charge in [-0.25, -0.2) is 4.98 Å². The number of imidazole rings is 1. The van der Waals surface area contributed by atoms with Crippen LogP contribution in [0.15, 0.2) is 24.5 Å². The number of nitrogens with two attached hydrogens (primary N) is 1. The van der Waals surface area contributed by atoms with E-state index in [4.69, 9.17) is 10.7 Å². The first kappa shape index (κ1) is 19.2. The van der Waals surface area contributed by atoms with Gasteiger partial charge in [-0.1, -0.05) is 19.9 Å². The van der Waals surface area contributed by atoms with Crippen molar-refractivity contribution in [3.05, 3.63) is 35.8 Å². The lowest BCUT2D eigenvalue weighted by Crippen LogP contribution is -2.52. The van der Waals surface area contributed by atoms with Crippen LogP contribution in [0.2, 0.25) is 0 Å². The number of aromatic nitrogens is 2. The molecule has 1 aliphatic heterocycles. The number of hydrogen-bond acceptors (Lipinski definition) is 3. The number of pyridine rings is 1. The van der Waals surface area contributed by atoms with Crippen LogP contribution in [-0.2, 0) is 6.54 Å². The van der Waals surface area contributed by atoms with E-state index >= 15 is 0 Å². The molecule has 1 aliphatic rings. The molecule has 0 amide bonds. The van der Waals surface area contributed by atoms with Gasteiger partial charge in [0.15, 0.2) is 0 Å². The summed E-state index contributed by atoms with van der Waals surface area (Å²) in [5, 5.41) is 0. The Kier molecular flexibility index (Phi) is 6.27. The van der Waals surface area contributed by atoms with E-state index in [1.807, 2.05) is 0 Å². The molecule has 3 heterocycles. The second kappa shape index (κ2) is 7.18. The van der Waals surface area contributed by atoms with E-state index in [-0.39, 0.29) is 30.2 Å². The number of aryl methyl sites for hydroxylation is 1. The lowest BCUT2D eigenvalue weighted by molar-refractivity contribution is 0.0890. The predicted octanol–water partition coefficient (Wildman–Crippen LogP) is 3.05. The van der Waals surface area contributed by atoms with Gasteiger partial charge in [0.05, 0.1) is 5.69 Å². The van der Waals surface area contributed by atoms with Crippen LogP contribution < -0.4 is 5.73 Å². The van der Waals surface area contributed by atoms with E-state index in [0.717, 1.165) is 37.4 Å². The van der Waals surface area contributed by atoms with E-state index < -0.39 is 0 Å². The zero-order valence-electron chi connectivity index (χ0n) is 13.5. The normalized spacial score (nSPS) is 21.2. The Bertz CT molecular complexity index is 624. The highest BCUT2D eigenvalue weighted by Gasteiger charge is 2.33. The third kappa shape index (κ3) is 3.93. The van der Waals surface area contributed by atoms with E-state index in [2.05, 4.69) is 54.6 Å². The average molecular weight is 345 g/mol. The Labute approximate surface area is 144 Å². The van der Waals surface area contributed by atoms with E-state index in [1.165, 1.54) is 5.56 Å². The fourth-order valence-corrected chi connectivity index (χ4v) is 3.08. The first-order valence-electron chi connectivity index (χ1n) is 7.36. The highest BCUT2D eigenvalue weighted by Crippen LogP contribution is 2.28. The molecule has 2 N–H and O–H groups in total. The third-order valence-electron chi connectivity index (χ3n) is 4.43. The van der Waals surface area contributed by atoms with Gasteiger partial charge in [0.25, 0.3) is 0 Å². The van der Waals surface area contributed by atoms with Crippen molar-refractivity contribution in [3.63, 3.8) is 0 Å².